The zero-order valence-electron chi connectivity index (χ0n) is 23.0. The number of halogens is 2. The number of likely N-dealkylation sites (tertiary alicyclic amines) is 1. The number of aromatic amines is 1. The molecule has 1 atom stereocenters. The van der Waals surface area contributed by atoms with E-state index >= 15 is 0 Å². The zero-order chi connectivity index (χ0) is 28.8. The van der Waals surface area contributed by atoms with Crippen LogP contribution in [0, 0.1) is 11.6 Å². The van der Waals surface area contributed by atoms with Gasteiger partial charge in [0.05, 0.1) is 16.8 Å². The number of benzene rings is 3. The van der Waals surface area contributed by atoms with E-state index in [1.165, 1.54) is 31.2 Å². The third kappa shape index (κ3) is 4.88. The molecule has 0 saturated carbocycles. The van der Waals surface area contributed by atoms with Gasteiger partial charge in [0.2, 0.25) is 0 Å². The monoisotopic (exact) mass is 573 g/mol. The van der Waals surface area contributed by atoms with Gasteiger partial charge in [-0.15, -0.1) is 0 Å². The number of fused-ring (bicyclic) bond motifs is 2. The van der Waals surface area contributed by atoms with Crippen LogP contribution in [0.15, 0.2) is 65.2 Å². The van der Waals surface area contributed by atoms with Gasteiger partial charge in [-0.3, -0.25) is 9.59 Å². The summed E-state index contributed by atoms with van der Waals surface area (Å²) in [6.07, 6.45) is 5.33. The number of nitrogens with zero attached hydrogens (tertiary/aromatic N) is 2. The zero-order valence-corrected chi connectivity index (χ0v) is 23.8. The molecular formula is C32H29F2N3O3S. The molecule has 0 radical (unpaired) electrons. The smallest absolute Gasteiger partial charge is 0.256 e. The highest BCUT2D eigenvalue weighted by molar-refractivity contribution is 7.99. The fourth-order valence-corrected chi connectivity index (χ4v) is 6.22. The summed E-state index contributed by atoms with van der Waals surface area (Å²) in [5, 5.41) is 1.40. The lowest BCUT2D eigenvalue weighted by molar-refractivity contribution is 0.0709. The number of anilines is 1. The molecule has 1 N–H and O–H groups in total. The molecule has 41 heavy (non-hydrogen) atoms. The number of ketones is 1. The number of aromatic nitrogens is 1. The van der Waals surface area contributed by atoms with Gasteiger partial charge in [-0.1, -0.05) is 11.9 Å². The van der Waals surface area contributed by atoms with E-state index in [9.17, 15) is 18.4 Å². The Morgan fingerprint density at radius 1 is 1.05 bits per heavy atom. The predicted octanol–water partition coefficient (Wildman–Crippen LogP) is 7.80. The summed E-state index contributed by atoms with van der Waals surface area (Å²) in [7, 11) is 1.97. The minimum atomic E-state index is -0.364. The lowest BCUT2D eigenvalue weighted by atomic mass is 9.87. The molecule has 0 spiro atoms. The quantitative estimate of drug-likeness (QED) is 0.166. The second-order valence-corrected chi connectivity index (χ2v) is 11.4. The number of carbonyl (C=O) groups is 2. The van der Waals surface area contributed by atoms with Gasteiger partial charge in [0, 0.05) is 66.4 Å². The average Bonchev–Trinajstić information content (AvgIpc) is 3.57. The molecule has 9 heteroatoms. The Balaban J connectivity index is 1.41. The standard InChI is InChI=1S/C32H29F2N3O3S/c1-18(38)30-25-14-24(28(36(2)41-3)15-29(25)40-31(30)19-6-8-21(33)9-7-19)20-5-4-12-37(17-20)32(39)26-16-35-27-13-22(34)10-11-23(26)27/h6-11,13-16,20,35H,4-5,12,17H2,1-3H3. The molecule has 6 nitrogen and oxygen atoms in total. The van der Waals surface area contributed by atoms with E-state index < -0.39 is 0 Å². The van der Waals surface area contributed by atoms with Crippen molar-refractivity contribution in [1.82, 2.24) is 9.88 Å². The molecule has 1 unspecified atom stereocenters. The first-order valence-corrected chi connectivity index (χ1v) is 14.6. The first-order chi connectivity index (χ1) is 19.7. The van der Waals surface area contributed by atoms with Gasteiger partial charge in [0.25, 0.3) is 5.91 Å². The normalized spacial score (nSPS) is 15.5. The van der Waals surface area contributed by atoms with Crippen LogP contribution in [0.1, 0.15) is 52.0 Å². The maximum absolute atomic E-state index is 13.7. The van der Waals surface area contributed by atoms with Crippen LogP contribution in [0.25, 0.3) is 33.2 Å². The molecule has 3 heterocycles. The Bertz CT molecular complexity index is 1790. The van der Waals surface area contributed by atoms with Crippen molar-refractivity contribution in [2.24, 2.45) is 0 Å². The first-order valence-electron chi connectivity index (χ1n) is 13.5. The van der Waals surface area contributed by atoms with Gasteiger partial charge in [-0.25, -0.2) is 8.78 Å². The molecule has 1 fully saturated rings. The van der Waals surface area contributed by atoms with Gasteiger partial charge in [0.15, 0.2) is 5.78 Å². The largest absolute Gasteiger partial charge is 0.455 e. The van der Waals surface area contributed by atoms with Gasteiger partial charge in [-0.05, 0) is 73.9 Å². The Hall–Kier alpha value is -4.11. The molecule has 5 aromatic rings. The van der Waals surface area contributed by atoms with Crippen molar-refractivity contribution in [2.75, 3.05) is 30.7 Å². The maximum Gasteiger partial charge on any atom is 0.256 e. The SMILES string of the molecule is CSN(C)c1cc2oc(-c3ccc(F)cc3)c(C(C)=O)c2cc1C1CCCN(C(=O)c2c[nH]c3cc(F)ccc23)C1. The third-order valence-electron chi connectivity index (χ3n) is 7.93. The number of furan rings is 1. The van der Waals surface area contributed by atoms with Crippen molar-refractivity contribution in [3.8, 4) is 11.3 Å². The average molecular weight is 574 g/mol. The Morgan fingerprint density at radius 2 is 1.80 bits per heavy atom. The van der Waals surface area contributed by atoms with Gasteiger partial charge >= 0.3 is 0 Å². The van der Waals surface area contributed by atoms with E-state index in [1.54, 1.807) is 36.3 Å². The topological polar surface area (TPSA) is 69.6 Å². The van der Waals surface area contributed by atoms with Crippen molar-refractivity contribution in [3.05, 3.63) is 89.1 Å². The van der Waals surface area contributed by atoms with Crippen LogP contribution in [0.5, 0.6) is 0 Å². The minimum absolute atomic E-state index is 0.0216. The van der Waals surface area contributed by atoms with Gasteiger partial charge in [-0.2, -0.15) is 0 Å². The summed E-state index contributed by atoms with van der Waals surface area (Å²) in [6, 6.07) is 14.3. The van der Waals surface area contributed by atoms with E-state index in [-0.39, 0.29) is 29.2 Å². The summed E-state index contributed by atoms with van der Waals surface area (Å²) in [5.74, 6) is -0.525. The van der Waals surface area contributed by atoms with E-state index in [2.05, 4.69) is 9.29 Å². The van der Waals surface area contributed by atoms with Crippen molar-refractivity contribution < 1.29 is 22.8 Å². The lowest BCUT2D eigenvalue weighted by Crippen LogP contribution is -2.39. The van der Waals surface area contributed by atoms with Crippen LogP contribution in [0.4, 0.5) is 14.5 Å². The number of nitrogens with one attached hydrogen (secondary N) is 1. The second-order valence-electron chi connectivity index (χ2n) is 10.4. The van der Waals surface area contributed by atoms with Crippen LogP contribution < -0.4 is 4.31 Å². The molecule has 210 valence electrons. The van der Waals surface area contributed by atoms with E-state index in [0.717, 1.165) is 24.1 Å². The number of H-pyrrole nitrogens is 1. The van der Waals surface area contributed by atoms with E-state index in [0.29, 0.717) is 57.4 Å². The third-order valence-corrected chi connectivity index (χ3v) is 8.68. The maximum atomic E-state index is 13.7. The van der Waals surface area contributed by atoms with Crippen molar-refractivity contribution in [2.45, 2.75) is 25.7 Å². The molecule has 0 bridgehead atoms. The Labute approximate surface area is 240 Å². The second kappa shape index (κ2) is 10.7. The molecule has 1 aliphatic heterocycles. The van der Waals surface area contributed by atoms with Crippen molar-refractivity contribution in [3.63, 3.8) is 0 Å². The Kier molecular flexibility index (Phi) is 7.07. The van der Waals surface area contributed by atoms with Crippen molar-refractivity contribution in [1.29, 1.82) is 0 Å². The minimum Gasteiger partial charge on any atom is -0.455 e. The molecule has 1 saturated heterocycles. The first kappa shape index (κ1) is 27.1. The van der Waals surface area contributed by atoms with Crippen LogP contribution in [-0.2, 0) is 0 Å². The molecular weight excluding hydrogens is 544 g/mol. The van der Waals surface area contributed by atoms with Crippen LogP contribution >= 0.6 is 11.9 Å². The van der Waals surface area contributed by atoms with Crippen LogP contribution in [0.2, 0.25) is 0 Å². The van der Waals surface area contributed by atoms with Crippen LogP contribution in [0.3, 0.4) is 0 Å². The number of Topliss-reactive ketones (excluding diaryl/α,β-unsaturated/α-hetero) is 1. The summed E-state index contributed by atoms with van der Waals surface area (Å²) in [4.78, 5) is 31.5. The molecule has 3 aromatic carbocycles. The summed E-state index contributed by atoms with van der Waals surface area (Å²) in [5.41, 5.74) is 4.75. The van der Waals surface area contributed by atoms with E-state index in [4.69, 9.17) is 4.42 Å². The highest BCUT2D eigenvalue weighted by Crippen LogP contribution is 2.42. The fraction of sp³-hybridized carbons (Fsp3) is 0.250. The number of piperidine rings is 1. The number of amides is 1. The lowest BCUT2D eigenvalue weighted by Gasteiger charge is -2.35. The Morgan fingerprint density at radius 3 is 2.54 bits per heavy atom. The molecule has 2 aromatic heterocycles. The summed E-state index contributed by atoms with van der Waals surface area (Å²) >= 11 is 1.56. The number of hydrogen-bond donors (Lipinski definition) is 1. The van der Waals surface area contributed by atoms with Gasteiger partial charge in [0.1, 0.15) is 23.0 Å². The number of hydrogen-bond acceptors (Lipinski definition) is 5. The summed E-state index contributed by atoms with van der Waals surface area (Å²) < 4.78 is 35.6. The van der Waals surface area contributed by atoms with E-state index in [1.807, 2.05) is 30.3 Å². The summed E-state index contributed by atoms with van der Waals surface area (Å²) in [6.45, 7) is 2.64. The number of rotatable bonds is 6. The molecule has 1 aliphatic rings. The van der Waals surface area contributed by atoms with Crippen molar-refractivity contribution >= 4 is 51.2 Å². The van der Waals surface area contributed by atoms with Crippen LogP contribution in [-0.4, -0.2) is 48.0 Å². The predicted molar refractivity (Wildman–Crippen MR) is 160 cm³/mol. The van der Waals surface area contributed by atoms with Gasteiger partial charge < -0.3 is 18.6 Å². The molecule has 1 amide bonds. The molecule has 6 rings (SSSR count). The fourth-order valence-electron chi connectivity index (χ4n) is 5.86. The molecule has 0 aliphatic carbocycles. The highest BCUT2D eigenvalue weighted by Gasteiger charge is 2.30. The number of carbonyl (C=O) groups excluding carboxylic acids is 2. The highest BCUT2D eigenvalue weighted by atomic mass is 32.2.